The molecule has 1 aromatic carbocycles. The first kappa shape index (κ1) is 13.6. The molecule has 3 rings (SSSR count). The molecule has 0 bridgehead atoms. The molecule has 1 aliphatic rings. The van der Waals surface area contributed by atoms with Crippen molar-refractivity contribution in [2.75, 3.05) is 13.7 Å². The normalized spacial score (nSPS) is 20.6. The van der Waals surface area contributed by atoms with Crippen LogP contribution >= 0.6 is 0 Å². The summed E-state index contributed by atoms with van der Waals surface area (Å²) >= 11 is 0. The molecule has 2 aromatic rings. The van der Waals surface area contributed by atoms with Gasteiger partial charge in [-0.15, -0.1) is 0 Å². The fraction of sp³-hybridized carbons (Fsp3) is 0.562. The summed E-state index contributed by atoms with van der Waals surface area (Å²) in [7, 11) is 2.04. The first-order valence-corrected chi connectivity index (χ1v) is 7.55. The maximum Gasteiger partial charge on any atom is 0.0958 e. The number of ether oxygens (including phenoxy) is 1. The number of aromatic nitrogens is 2. The van der Waals surface area contributed by atoms with Crippen LogP contribution in [0.15, 0.2) is 30.6 Å². The lowest BCUT2D eigenvalue weighted by Gasteiger charge is -2.19. The Morgan fingerprint density at radius 2 is 2.35 bits per heavy atom. The van der Waals surface area contributed by atoms with Crippen LogP contribution in [0.4, 0.5) is 0 Å². The van der Waals surface area contributed by atoms with E-state index in [2.05, 4.69) is 33.1 Å². The average Bonchev–Trinajstić information content (AvgIpc) is 3.13. The Labute approximate surface area is 120 Å². The van der Waals surface area contributed by atoms with Gasteiger partial charge in [0.2, 0.25) is 0 Å². The van der Waals surface area contributed by atoms with Gasteiger partial charge in [-0.1, -0.05) is 12.1 Å². The van der Waals surface area contributed by atoms with Crippen molar-refractivity contribution in [3.63, 3.8) is 0 Å². The van der Waals surface area contributed by atoms with E-state index in [4.69, 9.17) is 4.74 Å². The second-order valence-corrected chi connectivity index (χ2v) is 5.58. The fourth-order valence-corrected chi connectivity index (χ4v) is 2.98. The number of nitrogens with one attached hydrogen (secondary N) is 1. The third-order valence-corrected chi connectivity index (χ3v) is 4.21. The molecule has 2 unspecified atom stereocenters. The van der Waals surface area contributed by atoms with Gasteiger partial charge in [0.25, 0.3) is 0 Å². The van der Waals surface area contributed by atoms with Crippen molar-refractivity contribution in [1.82, 2.24) is 14.9 Å². The van der Waals surface area contributed by atoms with Crippen molar-refractivity contribution in [3.8, 4) is 0 Å². The highest BCUT2D eigenvalue weighted by molar-refractivity contribution is 5.74. The summed E-state index contributed by atoms with van der Waals surface area (Å²) in [5, 5.41) is 3.42. The number of fused-ring (bicyclic) bond motifs is 1. The Bertz CT molecular complexity index is 545. The topological polar surface area (TPSA) is 39.1 Å². The highest BCUT2D eigenvalue weighted by Gasteiger charge is 2.17. The average molecular weight is 273 g/mol. The number of benzene rings is 1. The van der Waals surface area contributed by atoms with Crippen LogP contribution < -0.4 is 5.32 Å². The smallest absolute Gasteiger partial charge is 0.0958 e. The fourth-order valence-electron chi connectivity index (χ4n) is 2.98. The summed E-state index contributed by atoms with van der Waals surface area (Å²) in [6, 6.07) is 8.77. The van der Waals surface area contributed by atoms with Crippen LogP contribution in [-0.4, -0.2) is 35.4 Å². The van der Waals surface area contributed by atoms with Gasteiger partial charge in [0.05, 0.1) is 23.5 Å². The Balaban J connectivity index is 1.61. The zero-order valence-electron chi connectivity index (χ0n) is 12.1. The van der Waals surface area contributed by atoms with Gasteiger partial charge < -0.3 is 14.6 Å². The Morgan fingerprint density at radius 1 is 1.45 bits per heavy atom. The number of para-hydroxylation sites is 2. The molecule has 1 saturated heterocycles. The molecule has 2 atom stereocenters. The number of likely N-dealkylation sites (N-methyl/N-ethyl adjacent to an activating group) is 1. The number of hydrogen-bond donors (Lipinski definition) is 1. The molecule has 20 heavy (non-hydrogen) atoms. The minimum Gasteiger partial charge on any atom is -0.378 e. The van der Waals surface area contributed by atoms with E-state index in [1.165, 1.54) is 18.4 Å². The number of nitrogens with zero attached hydrogens (tertiary/aromatic N) is 2. The van der Waals surface area contributed by atoms with Gasteiger partial charge in [0.15, 0.2) is 0 Å². The van der Waals surface area contributed by atoms with Crippen LogP contribution in [0.1, 0.15) is 25.7 Å². The number of imidazole rings is 1. The maximum atomic E-state index is 5.71. The Morgan fingerprint density at radius 3 is 3.15 bits per heavy atom. The second kappa shape index (κ2) is 6.37. The van der Waals surface area contributed by atoms with Gasteiger partial charge in [0, 0.05) is 19.2 Å². The van der Waals surface area contributed by atoms with Gasteiger partial charge in [-0.05, 0) is 44.9 Å². The van der Waals surface area contributed by atoms with Crippen molar-refractivity contribution in [3.05, 3.63) is 30.6 Å². The van der Waals surface area contributed by atoms with Crippen molar-refractivity contribution < 1.29 is 4.74 Å². The lowest BCUT2D eigenvalue weighted by Crippen LogP contribution is -2.31. The van der Waals surface area contributed by atoms with Crippen molar-refractivity contribution in [1.29, 1.82) is 0 Å². The van der Waals surface area contributed by atoms with Crippen molar-refractivity contribution >= 4 is 11.0 Å². The van der Waals surface area contributed by atoms with Crippen LogP contribution in [0.2, 0.25) is 0 Å². The van der Waals surface area contributed by atoms with Crippen LogP contribution in [0.5, 0.6) is 0 Å². The molecular weight excluding hydrogens is 250 g/mol. The first-order valence-electron chi connectivity index (χ1n) is 7.55. The molecular formula is C16H23N3O. The quantitative estimate of drug-likeness (QED) is 0.879. The maximum absolute atomic E-state index is 5.71. The minimum atomic E-state index is 0.469. The van der Waals surface area contributed by atoms with Gasteiger partial charge in [-0.3, -0.25) is 0 Å². The highest BCUT2D eigenvalue weighted by atomic mass is 16.5. The zero-order chi connectivity index (χ0) is 13.8. The predicted octanol–water partition coefficient (Wildman–Crippen LogP) is 2.58. The molecule has 1 N–H and O–H groups in total. The van der Waals surface area contributed by atoms with Crippen LogP contribution in [0, 0.1) is 0 Å². The molecule has 4 nitrogen and oxygen atoms in total. The van der Waals surface area contributed by atoms with E-state index >= 15 is 0 Å². The Kier molecular flexibility index (Phi) is 4.33. The Hall–Kier alpha value is -1.39. The standard InChI is InChI=1S/C16H23N3O/c1-17-13(8-9-14-5-4-10-20-14)11-19-12-18-15-6-2-3-7-16(15)19/h2-3,6-7,12-14,17H,4-5,8-11H2,1H3. The molecule has 1 aliphatic heterocycles. The zero-order valence-corrected chi connectivity index (χ0v) is 12.1. The second-order valence-electron chi connectivity index (χ2n) is 5.58. The summed E-state index contributed by atoms with van der Waals surface area (Å²) in [6.45, 7) is 1.91. The molecule has 0 spiro atoms. The number of hydrogen-bond acceptors (Lipinski definition) is 3. The van der Waals surface area contributed by atoms with E-state index in [0.717, 1.165) is 31.5 Å². The molecule has 0 radical (unpaired) electrons. The van der Waals surface area contributed by atoms with E-state index in [1.54, 1.807) is 0 Å². The molecule has 1 fully saturated rings. The van der Waals surface area contributed by atoms with E-state index in [-0.39, 0.29) is 0 Å². The van der Waals surface area contributed by atoms with Crippen molar-refractivity contribution in [2.45, 2.75) is 44.4 Å². The SMILES string of the molecule is CNC(CCC1CCCO1)Cn1cnc2ccccc21. The number of rotatable bonds is 6. The largest absolute Gasteiger partial charge is 0.378 e. The first-order chi connectivity index (χ1) is 9.86. The molecule has 1 aromatic heterocycles. The molecule has 108 valence electrons. The molecule has 2 heterocycles. The predicted molar refractivity (Wildman–Crippen MR) is 80.8 cm³/mol. The summed E-state index contributed by atoms with van der Waals surface area (Å²) in [5.74, 6) is 0. The van der Waals surface area contributed by atoms with Gasteiger partial charge in [-0.2, -0.15) is 0 Å². The summed E-state index contributed by atoms with van der Waals surface area (Å²) in [4.78, 5) is 4.45. The van der Waals surface area contributed by atoms with E-state index in [9.17, 15) is 0 Å². The third-order valence-electron chi connectivity index (χ3n) is 4.21. The molecule has 0 saturated carbocycles. The molecule has 4 heteroatoms. The van der Waals surface area contributed by atoms with Crippen LogP contribution in [0.25, 0.3) is 11.0 Å². The van der Waals surface area contributed by atoms with Crippen molar-refractivity contribution in [2.24, 2.45) is 0 Å². The summed E-state index contributed by atoms with van der Waals surface area (Å²) < 4.78 is 7.95. The van der Waals surface area contributed by atoms with Gasteiger partial charge in [0.1, 0.15) is 0 Å². The van der Waals surface area contributed by atoms with Crippen LogP contribution in [0.3, 0.4) is 0 Å². The van der Waals surface area contributed by atoms with E-state index in [1.807, 2.05) is 19.4 Å². The van der Waals surface area contributed by atoms with Gasteiger partial charge in [-0.25, -0.2) is 4.98 Å². The van der Waals surface area contributed by atoms with E-state index in [0.29, 0.717) is 12.1 Å². The summed E-state index contributed by atoms with van der Waals surface area (Å²) in [5.41, 5.74) is 2.28. The lowest BCUT2D eigenvalue weighted by atomic mass is 10.1. The van der Waals surface area contributed by atoms with Crippen LogP contribution in [-0.2, 0) is 11.3 Å². The summed E-state index contributed by atoms with van der Waals surface area (Å²) in [6.07, 6.45) is 7.17. The van der Waals surface area contributed by atoms with E-state index < -0.39 is 0 Å². The molecule has 0 aliphatic carbocycles. The monoisotopic (exact) mass is 273 g/mol. The molecule has 0 amide bonds. The third kappa shape index (κ3) is 3.02. The highest BCUT2D eigenvalue weighted by Crippen LogP contribution is 2.19. The van der Waals surface area contributed by atoms with Gasteiger partial charge >= 0.3 is 0 Å². The minimum absolute atomic E-state index is 0.469. The lowest BCUT2D eigenvalue weighted by molar-refractivity contribution is 0.0993.